The Bertz CT molecular complexity index is 262. The third kappa shape index (κ3) is 8.33. The molecule has 7 heteroatoms. The second-order valence-corrected chi connectivity index (χ2v) is 4.88. The van der Waals surface area contributed by atoms with Crippen molar-refractivity contribution in [2.75, 3.05) is 65.9 Å². The fourth-order valence-corrected chi connectivity index (χ4v) is 1.88. The van der Waals surface area contributed by atoms with Crippen molar-refractivity contribution in [3.05, 3.63) is 0 Å². The van der Waals surface area contributed by atoms with Crippen molar-refractivity contribution >= 4 is 5.91 Å². The summed E-state index contributed by atoms with van der Waals surface area (Å²) in [5, 5.41) is 0. The van der Waals surface area contributed by atoms with Crippen LogP contribution in [0.3, 0.4) is 0 Å². The van der Waals surface area contributed by atoms with Gasteiger partial charge in [-0.05, 0) is 0 Å². The maximum Gasteiger partial charge on any atom is 0.280 e. The molecule has 0 unspecified atom stereocenters. The Morgan fingerprint density at radius 1 is 0.905 bits per heavy atom. The Morgan fingerprint density at radius 2 is 1.29 bits per heavy atom. The van der Waals surface area contributed by atoms with Gasteiger partial charge in [0.2, 0.25) is 0 Å². The van der Waals surface area contributed by atoms with Crippen LogP contribution in [0.4, 0.5) is 0 Å². The molecule has 1 atom stereocenters. The molecule has 0 bridgehead atoms. The maximum atomic E-state index is 12.2. The molecule has 1 fully saturated rings. The molecular formula is C14H29N2O5+. The molecule has 21 heavy (non-hydrogen) atoms. The average molecular weight is 305 g/mol. The predicted molar refractivity (Wildman–Crippen MR) is 76.8 cm³/mol. The van der Waals surface area contributed by atoms with Crippen molar-refractivity contribution < 1.29 is 29.5 Å². The number of quaternary nitrogens is 1. The fourth-order valence-electron chi connectivity index (χ4n) is 1.88. The van der Waals surface area contributed by atoms with Gasteiger partial charge < -0.3 is 29.6 Å². The number of carbonyl (C=O) groups is 1. The summed E-state index contributed by atoms with van der Waals surface area (Å²) in [7, 11) is 0. The standard InChI is InChI=1S/C14H28N2O5/c1-2-13(15)14(17)16-3-5-18-7-9-20-11-12-21-10-8-19-6-4-16/h13H,2-12,15H2,1H3/p+1/t13-/m1/s1. The molecule has 1 aliphatic heterocycles. The van der Waals surface area contributed by atoms with Gasteiger partial charge in [-0.1, -0.05) is 6.92 Å². The molecule has 0 aliphatic carbocycles. The second kappa shape index (κ2) is 11.9. The molecule has 0 aromatic heterocycles. The number of carbonyl (C=O) groups excluding carboxylic acids is 1. The molecule has 124 valence electrons. The number of amides is 1. The lowest BCUT2D eigenvalue weighted by molar-refractivity contribution is -0.406. The van der Waals surface area contributed by atoms with Crippen LogP contribution in [0, 0.1) is 0 Å². The zero-order valence-corrected chi connectivity index (χ0v) is 13.1. The highest BCUT2D eigenvalue weighted by Gasteiger charge is 2.22. The van der Waals surface area contributed by atoms with Crippen LogP contribution in [0.2, 0.25) is 0 Å². The van der Waals surface area contributed by atoms with Gasteiger partial charge in [-0.3, -0.25) is 4.79 Å². The number of rotatable bonds is 2. The second-order valence-electron chi connectivity index (χ2n) is 4.88. The summed E-state index contributed by atoms with van der Waals surface area (Å²) in [5.41, 5.74) is 3.89. The summed E-state index contributed by atoms with van der Waals surface area (Å²) >= 11 is 0. The van der Waals surface area contributed by atoms with Crippen LogP contribution in [0.1, 0.15) is 13.3 Å². The molecule has 0 aromatic carbocycles. The maximum absolute atomic E-state index is 12.2. The molecule has 1 rings (SSSR count). The average Bonchev–Trinajstić information content (AvgIpc) is 2.52. The third-order valence-electron chi connectivity index (χ3n) is 3.28. The first-order chi connectivity index (χ1) is 10.3. The minimum absolute atomic E-state index is 0.0570. The van der Waals surface area contributed by atoms with Crippen molar-refractivity contribution in [3.8, 4) is 0 Å². The summed E-state index contributed by atoms with van der Waals surface area (Å²) in [6.07, 6.45) is 0.735. The molecule has 0 radical (unpaired) electrons. The number of ether oxygens (including phenoxy) is 4. The number of hydrogen-bond donors (Lipinski definition) is 1. The van der Waals surface area contributed by atoms with Crippen LogP contribution < -0.4 is 5.73 Å². The van der Waals surface area contributed by atoms with Crippen LogP contribution >= 0.6 is 0 Å². The number of nitrogens with zero attached hydrogens (tertiary/aromatic N) is 1. The monoisotopic (exact) mass is 305 g/mol. The van der Waals surface area contributed by atoms with E-state index < -0.39 is 0 Å². The first kappa shape index (κ1) is 18.3. The molecule has 1 amide bonds. The summed E-state index contributed by atoms with van der Waals surface area (Å²) < 4.78 is 21.7. The van der Waals surface area contributed by atoms with E-state index in [1.165, 1.54) is 0 Å². The van der Waals surface area contributed by atoms with Gasteiger partial charge in [0.25, 0.3) is 5.91 Å². The molecule has 1 saturated heterocycles. The van der Waals surface area contributed by atoms with Crippen LogP contribution in [-0.2, 0) is 23.7 Å². The Labute approximate surface area is 126 Å². The Kier molecular flexibility index (Phi) is 10.4. The van der Waals surface area contributed by atoms with Crippen molar-refractivity contribution in [1.29, 1.82) is 0 Å². The van der Waals surface area contributed by atoms with Crippen molar-refractivity contribution in [1.82, 2.24) is 4.90 Å². The van der Waals surface area contributed by atoms with Gasteiger partial charge in [0.05, 0.1) is 52.9 Å². The van der Waals surface area contributed by atoms with Crippen molar-refractivity contribution in [3.63, 3.8) is 0 Å². The van der Waals surface area contributed by atoms with Crippen LogP contribution in [0.5, 0.6) is 0 Å². The SMILES string of the molecule is CC[C@@H]([NH3+])C(=O)N1CCOCCOCCOCCOCC1. The first-order valence-corrected chi connectivity index (χ1v) is 7.68. The molecule has 0 saturated carbocycles. The lowest BCUT2D eigenvalue weighted by Crippen LogP contribution is -2.67. The zero-order chi connectivity index (χ0) is 15.3. The van der Waals surface area contributed by atoms with E-state index in [0.717, 1.165) is 6.42 Å². The van der Waals surface area contributed by atoms with Gasteiger partial charge in [0, 0.05) is 19.5 Å². The predicted octanol–water partition coefficient (Wildman–Crippen LogP) is -1.08. The molecule has 0 spiro atoms. The largest absolute Gasteiger partial charge is 0.377 e. The summed E-state index contributed by atoms with van der Waals surface area (Å²) in [6, 6.07) is -0.209. The topological polar surface area (TPSA) is 84.9 Å². The molecular weight excluding hydrogens is 276 g/mol. The summed E-state index contributed by atoms with van der Waals surface area (Å²) in [4.78, 5) is 14.0. The van der Waals surface area contributed by atoms with Crippen molar-refractivity contribution in [2.45, 2.75) is 19.4 Å². The Morgan fingerprint density at radius 3 is 1.67 bits per heavy atom. The van der Waals surface area contributed by atoms with E-state index in [1.807, 2.05) is 6.92 Å². The Balaban J connectivity index is 2.41. The van der Waals surface area contributed by atoms with Crippen LogP contribution in [0.25, 0.3) is 0 Å². The molecule has 7 nitrogen and oxygen atoms in total. The highest BCUT2D eigenvalue weighted by molar-refractivity contribution is 5.80. The van der Waals surface area contributed by atoms with E-state index in [4.69, 9.17) is 18.9 Å². The zero-order valence-electron chi connectivity index (χ0n) is 13.1. The highest BCUT2D eigenvalue weighted by Crippen LogP contribution is 1.97. The first-order valence-electron chi connectivity index (χ1n) is 7.68. The molecule has 1 heterocycles. The fraction of sp³-hybridized carbons (Fsp3) is 0.929. The summed E-state index contributed by atoms with van der Waals surface area (Å²) in [6.45, 7) is 7.35. The molecule has 0 aromatic rings. The van der Waals surface area contributed by atoms with Gasteiger partial charge in [0.15, 0.2) is 6.04 Å². The van der Waals surface area contributed by atoms with Gasteiger partial charge >= 0.3 is 0 Å². The van der Waals surface area contributed by atoms with E-state index >= 15 is 0 Å². The van der Waals surface area contributed by atoms with Crippen LogP contribution in [-0.4, -0.2) is 82.8 Å². The molecule has 1 aliphatic rings. The van der Waals surface area contributed by atoms with Crippen LogP contribution in [0.15, 0.2) is 0 Å². The van der Waals surface area contributed by atoms with Gasteiger partial charge in [-0.2, -0.15) is 0 Å². The normalized spacial score (nSPS) is 22.1. The van der Waals surface area contributed by atoms with E-state index in [-0.39, 0.29) is 11.9 Å². The van der Waals surface area contributed by atoms with E-state index in [1.54, 1.807) is 4.90 Å². The van der Waals surface area contributed by atoms with Gasteiger partial charge in [0.1, 0.15) is 0 Å². The smallest absolute Gasteiger partial charge is 0.280 e. The molecule has 3 N–H and O–H groups in total. The van der Waals surface area contributed by atoms with E-state index in [2.05, 4.69) is 5.73 Å². The minimum atomic E-state index is -0.209. The van der Waals surface area contributed by atoms with E-state index in [9.17, 15) is 4.79 Å². The highest BCUT2D eigenvalue weighted by atomic mass is 16.6. The quantitative estimate of drug-likeness (QED) is 0.701. The van der Waals surface area contributed by atoms with E-state index in [0.29, 0.717) is 65.9 Å². The van der Waals surface area contributed by atoms with Gasteiger partial charge in [-0.15, -0.1) is 0 Å². The van der Waals surface area contributed by atoms with Crippen molar-refractivity contribution in [2.24, 2.45) is 0 Å². The summed E-state index contributed by atoms with van der Waals surface area (Å²) in [5.74, 6) is 0.0570. The van der Waals surface area contributed by atoms with Gasteiger partial charge in [-0.25, -0.2) is 0 Å². The number of hydrogen-bond acceptors (Lipinski definition) is 5. The third-order valence-corrected chi connectivity index (χ3v) is 3.28. The minimum Gasteiger partial charge on any atom is -0.377 e. The lowest BCUT2D eigenvalue weighted by atomic mass is 10.2. The lowest BCUT2D eigenvalue weighted by Gasteiger charge is -2.23. The Hall–Kier alpha value is -0.730.